The Labute approximate surface area is 141 Å². The van der Waals surface area contributed by atoms with Gasteiger partial charge in [-0.3, -0.25) is 0 Å². The molecule has 0 aliphatic rings. The van der Waals surface area contributed by atoms with Crippen LogP contribution in [0.2, 0.25) is 0 Å². The minimum Gasteiger partial charge on any atom is -1.00 e. The van der Waals surface area contributed by atoms with Gasteiger partial charge in [0.05, 0.1) is 26.2 Å². The molecule has 20 heavy (non-hydrogen) atoms. The zero-order valence-electron chi connectivity index (χ0n) is 13.5. The van der Waals surface area contributed by atoms with E-state index in [-0.39, 0.29) is 24.0 Å². The Morgan fingerprint density at radius 3 is 2.30 bits per heavy atom. The van der Waals surface area contributed by atoms with E-state index < -0.39 is 0 Å². The van der Waals surface area contributed by atoms with Gasteiger partial charge >= 0.3 is 0 Å². The summed E-state index contributed by atoms with van der Waals surface area (Å²) in [5.41, 5.74) is 1.26. The second-order valence-corrected chi connectivity index (χ2v) is 5.37. The zero-order chi connectivity index (χ0) is 14.1. The number of quaternary nitrogens is 1. The average Bonchev–Trinajstić information content (AvgIpc) is 2.44. The molecule has 0 atom stereocenters. The molecule has 0 aromatic carbocycles. The second-order valence-electron chi connectivity index (χ2n) is 5.37. The van der Waals surface area contributed by atoms with Gasteiger partial charge in [-0.2, -0.15) is 0 Å². The number of aromatic nitrogens is 1. The van der Waals surface area contributed by atoms with Crippen LogP contribution in [0.4, 0.5) is 5.82 Å². The smallest absolute Gasteiger partial charge is 0.126 e. The largest absolute Gasteiger partial charge is 1.00 e. The van der Waals surface area contributed by atoms with Gasteiger partial charge in [0.2, 0.25) is 0 Å². The number of hydrogen-bond donors (Lipinski definition) is 1. The van der Waals surface area contributed by atoms with E-state index in [1.807, 2.05) is 12.3 Å². The molecule has 0 radical (unpaired) electrons. The lowest BCUT2D eigenvalue weighted by molar-refractivity contribution is -0.923. The lowest BCUT2D eigenvalue weighted by atomic mass is 10.2. The minimum absolute atomic E-state index is 0. The van der Waals surface area contributed by atoms with E-state index in [0.717, 1.165) is 12.4 Å². The maximum atomic E-state index is 4.32. The number of pyridine rings is 1. The number of anilines is 1. The van der Waals surface area contributed by atoms with Gasteiger partial charge in [0.15, 0.2) is 0 Å². The van der Waals surface area contributed by atoms with Crippen molar-refractivity contribution in [3.05, 3.63) is 23.9 Å². The van der Waals surface area contributed by atoms with Crippen LogP contribution in [0.5, 0.6) is 0 Å². The van der Waals surface area contributed by atoms with Crippen molar-refractivity contribution in [2.24, 2.45) is 0 Å². The lowest BCUT2D eigenvalue weighted by Crippen LogP contribution is -3.00. The number of aryl methyl sites for hydroxylation is 1. The third-order valence-corrected chi connectivity index (χ3v) is 4.29. The van der Waals surface area contributed by atoms with Crippen molar-refractivity contribution >= 4 is 5.82 Å². The fourth-order valence-electron chi connectivity index (χ4n) is 2.57. The number of hydrogen-bond acceptors (Lipinski definition) is 2. The van der Waals surface area contributed by atoms with Crippen LogP contribution < -0.4 is 29.3 Å². The fourth-order valence-corrected chi connectivity index (χ4v) is 2.57. The molecule has 1 rings (SSSR count). The summed E-state index contributed by atoms with van der Waals surface area (Å²) in [6.07, 6.45) is 4.37. The van der Waals surface area contributed by atoms with Crippen LogP contribution in [-0.4, -0.2) is 42.2 Å². The lowest BCUT2D eigenvalue weighted by Gasteiger charge is -2.35. The number of nitrogens with one attached hydrogen (secondary N) is 1. The first-order chi connectivity index (χ1) is 9.15. The summed E-state index contributed by atoms with van der Waals surface area (Å²) in [5.74, 6) is 1.00. The van der Waals surface area contributed by atoms with Crippen LogP contribution in [0.3, 0.4) is 0 Å². The highest BCUT2D eigenvalue weighted by Crippen LogP contribution is 2.09. The number of nitrogens with zero attached hydrogens (tertiary/aromatic N) is 2. The first-order valence-corrected chi connectivity index (χ1v) is 7.67. The number of halogens is 1. The van der Waals surface area contributed by atoms with Gasteiger partial charge < -0.3 is 33.8 Å². The maximum absolute atomic E-state index is 4.32. The summed E-state index contributed by atoms with van der Waals surface area (Å²) >= 11 is 0. The van der Waals surface area contributed by atoms with Crippen molar-refractivity contribution in [1.29, 1.82) is 0 Å². The zero-order valence-corrected chi connectivity index (χ0v) is 15.6. The molecule has 116 valence electrons. The van der Waals surface area contributed by atoms with E-state index in [1.54, 1.807) is 0 Å². The summed E-state index contributed by atoms with van der Waals surface area (Å²) in [6.45, 7) is 15.1. The van der Waals surface area contributed by atoms with Gasteiger partial charge in [-0.25, -0.2) is 4.98 Å². The van der Waals surface area contributed by atoms with Gasteiger partial charge in [0, 0.05) is 12.7 Å². The Kier molecular flexibility index (Phi) is 10.2. The second kappa shape index (κ2) is 10.4. The standard InChI is InChI=1S/C16H30N3.HI/c1-5-19(6-2,7-3)13-9-8-11-17-16-14-15(4)10-12-18-16;/h10,12,14H,5-9,11,13H2,1-4H3,(H,17,18);1H/q+1;/p-1. The van der Waals surface area contributed by atoms with Gasteiger partial charge in [0.25, 0.3) is 0 Å². The molecule has 1 heterocycles. The molecule has 0 amide bonds. The molecule has 0 aliphatic carbocycles. The van der Waals surface area contributed by atoms with E-state index in [4.69, 9.17) is 0 Å². The normalized spacial score (nSPS) is 11.0. The molecule has 0 aliphatic heterocycles. The first kappa shape index (κ1) is 19.6. The molecule has 0 saturated heterocycles. The predicted octanol–water partition coefficient (Wildman–Crippen LogP) is 0.463. The molecular weight excluding hydrogens is 361 g/mol. The van der Waals surface area contributed by atoms with Gasteiger partial charge in [-0.1, -0.05) is 0 Å². The van der Waals surface area contributed by atoms with Crippen molar-refractivity contribution in [3.63, 3.8) is 0 Å². The molecule has 0 saturated carbocycles. The SMILES string of the molecule is CC[N+](CC)(CC)CCCCNc1cc(C)ccn1.[I-]. The maximum Gasteiger partial charge on any atom is 0.126 e. The molecule has 0 bridgehead atoms. The molecule has 0 fully saturated rings. The first-order valence-electron chi connectivity index (χ1n) is 7.67. The topological polar surface area (TPSA) is 24.9 Å². The molecule has 1 aromatic heterocycles. The summed E-state index contributed by atoms with van der Waals surface area (Å²) in [5, 5.41) is 3.41. The highest BCUT2D eigenvalue weighted by atomic mass is 127. The van der Waals surface area contributed by atoms with Gasteiger partial charge in [-0.05, 0) is 58.2 Å². The van der Waals surface area contributed by atoms with Crippen LogP contribution in [0.1, 0.15) is 39.2 Å². The number of unbranched alkanes of at least 4 members (excludes halogenated alkanes) is 1. The Bertz CT molecular complexity index is 356. The molecule has 3 nitrogen and oxygen atoms in total. The molecular formula is C16H30IN3. The molecule has 0 unspecified atom stereocenters. The number of rotatable bonds is 9. The fraction of sp³-hybridized carbons (Fsp3) is 0.688. The van der Waals surface area contributed by atoms with Gasteiger partial charge in [-0.15, -0.1) is 0 Å². The molecule has 4 heteroatoms. The Balaban J connectivity index is 0.00000361. The summed E-state index contributed by atoms with van der Waals surface area (Å²) < 4.78 is 1.25. The van der Waals surface area contributed by atoms with Crippen LogP contribution in [-0.2, 0) is 0 Å². The minimum atomic E-state index is 0. The monoisotopic (exact) mass is 391 g/mol. The van der Waals surface area contributed by atoms with E-state index in [2.05, 4.69) is 44.1 Å². The van der Waals surface area contributed by atoms with E-state index in [9.17, 15) is 0 Å². The van der Waals surface area contributed by atoms with E-state index in [0.29, 0.717) is 0 Å². The van der Waals surface area contributed by atoms with E-state index in [1.165, 1.54) is 49.1 Å². The van der Waals surface area contributed by atoms with Crippen molar-refractivity contribution < 1.29 is 28.5 Å². The van der Waals surface area contributed by atoms with Crippen molar-refractivity contribution in [3.8, 4) is 0 Å². The predicted molar refractivity (Wildman–Crippen MR) is 83.4 cm³/mol. The van der Waals surface area contributed by atoms with Gasteiger partial charge in [0.1, 0.15) is 5.82 Å². The van der Waals surface area contributed by atoms with Crippen LogP contribution in [0.25, 0.3) is 0 Å². The molecule has 1 N–H and O–H groups in total. The Hall–Kier alpha value is -0.360. The van der Waals surface area contributed by atoms with Crippen LogP contribution >= 0.6 is 0 Å². The van der Waals surface area contributed by atoms with Crippen molar-refractivity contribution in [1.82, 2.24) is 4.98 Å². The average molecular weight is 391 g/mol. The quantitative estimate of drug-likeness (QED) is 0.376. The third kappa shape index (κ3) is 6.39. The molecule has 1 aromatic rings. The molecule has 0 spiro atoms. The van der Waals surface area contributed by atoms with E-state index >= 15 is 0 Å². The summed E-state index contributed by atoms with van der Waals surface area (Å²) in [6, 6.07) is 4.13. The summed E-state index contributed by atoms with van der Waals surface area (Å²) in [7, 11) is 0. The van der Waals surface area contributed by atoms with Crippen molar-refractivity contribution in [2.75, 3.05) is 38.0 Å². The van der Waals surface area contributed by atoms with Crippen molar-refractivity contribution in [2.45, 2.75) is 40.5 Å². The van der Waals surface area contributed by atoms with Crippen LogP contribution in [0, 0.1) is 6.92 Å². The Morgan fingerprint density at radius 2 is 1.75 bits per heavy atom. The summed E-state index contributed by atoms with van der Waals surface area (Å²) in [4.78, 5) is 4.32. The Morgan fingerprint density at radius 1 is 1.10 bits per heavy atom. The third-order valence-electron chi connectivity index (χ3n) is 4.29. The highest BCUT2D eigenvalue weighted by molar-refractivity contribution is 5.36. The van der Waals surface area contributed by atoms with Crippen LogP contribution in [0.15, 0.2) is 18.3 Å². The highest BCUT2D eigenvalue weighted by Gasteiger charge is 2.19.